The van der Waals surface area contributed by atoms with E-state index in [4.69, 9.17) is 4.74 Å². The van der Waals surface area contributed by atoms with Crippen molar-refractivity contribution >= 4 is 17.0 Å². The zero-order valence-electron chi connectivity index (χ0n) is 18.7. The lowest BCUT2D eigenvalue weighted by Gasteiger charge is -2.18. The number of nitriles is 1. The number of rotatable bonds is 8. The first kappa shape index (κ1) is 22.8. The molecule has 0 unspecified atom stereocenters. The number of alkyl halides is 2. The quantitative estimate of drug-likeness (QED) is 0.396. The molecule has 0 radical (unpaired) electrons. The summed E-state index contributed by atoms with van der Waals surface area (Å²) in [6.45, 7) is 2.35. The molecule has 0 bridgehead atoms. The fourth-order valence-corrected chi connectivity index (χ4v) is 3.04. The Labute approximate surface area is 194 Å². The van der Waals surface area contributed by atoms with Crippen molar-refractivity contribution in [3.8, 4) is 28.8 Å². The molecule has 0 spiro atoms. The fraction of sp³-hybridized carbons (Fsp3) is 0.261. The number of fused-ring (bicyclic) bond motifs is 1. The van der Waals surface area contributed by atoms with Crippen LogP contribution in [-0.2, 0) is 0 Å². The molecule has 174 valence electrons. The third-order valence-corrected chi connectivity index (χ3v) is 4.77. The van der Waals surface area contributed by atoms with Crippen molar-refractivity contribution in [3.63, 3.8) is 0 Å². The zero-order valence-corrected chi connectivity index (χ0v) is 18.7. The van der Waals surface area contributed by atoms with Crippen LogP contribution in [0.3, 0.4) is 0 Å². The van der Waals surface area contributed by atoms with Crippen molar-refractivity contribution in [2.24, 2.45) is 5.41 Å². The second-order valence-corrected chi connectivity index (χ2v) is 8.14. The van der Waals surface area contributed by atoms with Gasteiger partial charge in [0.1, 0.15) is 18.2 Å². The summed E-state index contributed by atoms with van der Waals surface area (Å²) < 4.78 is 37.5. The van der Waals surface area contributed by atoms with Gasteiger partial charge in [-0.3, -0.25) is 0 Å². The summed E-state index contributed by atoms with van der Waals surface area (Å²) >= 11 is 0. The van der Waals surface area contributed by atoms with Gasteiger partial charge in [-0.25, -0.2) is 19.5 Å². The van der Waals surface area contributed by atoms with E-state index in [0.717, 1.165) is 5.52 Å². The lowest BCUT2D eigenvalue weighted by Crippen LogP contribution is -2.19. The van der Waals surface area contributed by atoms with E-state index in [1.54, 1.807) is 49.9 Å². The van der Waals surface area contributed by atoms with Gasteiger partial charge in [0.25, 0.3) is 0 Å². The van der Waals surface area contributed by atoms with Crippen LogP contribution >= 0.6 is 0 Å². The normalized spacial score (nSPS) is 11.4. The Balaban J connectivity index is 1.67. The second kappa shape index (κ2) is 9.27. The maximum atomic E-state index is 12.8. The van der Waals surface area contributed by atoms with Crippen molar-refractivity contribution < 1.29 is 18.3 Å². The molecule has 0 amide bonds. The molecule has 0 fully saturated rings. The lowest BCUT2D eigenvalue weighted by molar-refractivity contribution is -0.0528. The Kier molecular flexibility index (Phi) is 6.23. The molecule has 0 aliphatic rings. The number of pyridine rings is 2. The second-order valence-electron chi connectivity index (χ2n) is 8.14. The molecule has 0 saturated carbocycles. The molecule has 4 heterocycles. The summed E-state index contributed by atoms with van der Waals surface area (Å²) in [7, 11) is 0. The number of anilines is 2. The van der Waals surface area contributed by atoms with E-state index in [9.17, 15) is 14.0 Å². The van der Waals surface area contributed by atoms with Crippen molar-refractivity contribution in [2.75, 3.05) is 11.9 Å². The van der Waals surface area contributed by atoms with Gasteiger partial charge in [0.15, 0.2) is 5.82 Å². The Morgan fingerprint density at radius 1 is 1.15 bits per heavy atom. The standard InChI is InChI=1S/C23H21F2N7O2/c1-14-27-9-16(10-28-14)30-20-7-17-6-15(4-5-32(17)31-20)18-8-21(34-22(24)25)29-11-19(18)33-13-23(2,3)12-26/h4-11,22H,13H2,1-3H3,(H,30,31). The molecule has 1 N–H and O–H groups in total. The molecule has 0 aliphatic heterocycles. The van der Waals surface area contributed by atoms with E-state index in [-0.39, 0.29) is 12.5 Å². The Morgan fingerprint density at radius 2 is 1.91 bits per heavy atom. The summed E-state index contributed by atoms with van der Waals surface area (Å²) in [4.78, 5) is 12.2. The first-order valence-electron chi connectivity index (χ1n) is 10.3. The number of aryl methyl sites for hydroxylation is 1. The van der Waals surface area contributed by atoms with Crippen LogP contribution in [0.1, 0.15) is 19.7 Å². The first-order chi connectivity index (χ1) is 16.2. The zero-order chi connectivity index (χ0) is 24.3. The molecule has 4 aromatic heterocycles. The summed E-state index contributed by atoms with van der Waals surface area (Å²) in [5.74, 6) is 1.33. The Bertz CT molecular complexity index is 1350. The third-order valence-electron chi connectivity index (χ3n) is 4.77. The molecule has 4 aromatic rings. The summed E-state index contributed by atoms with van der Waals surface area (Å²) in [5, 5.41) is 16.9. The van der Waals surface area contributed by atoms with E-state index in [1.807, 2.05) is 12.1 Å². The topological polar surface area (TPSA) is 110 Å². The molecule has 4 rings (SSSR count). The van der Waals surface area contributed by atoms with Crippen LogP contribution < -0.4 is 14.8 Å². The van der Waals surface area contributed by atoms with E-state index in [2.05, 4.69) is 36.2 Å². The minimum Gasteiger partial charge on any atom is -0.490 e. The molecule has 0 atom stereocenters. The van der Waals surface area contributed by atoms with Gasteiger partial charge in [0.05, 0.1) is 41.3 Å². The van der Waals surface area contributed by atoms with Gasteiger partial charge >= 0.3 is 6.61 Å². The van der Waals surface area contributed by atoms with Crippen LogP contribution in [0.4, 0.5) is 20.3 Å². The van der Waals surface area contributed by atoms with Gasteiger partial charge in [-0.1, -0.05) is 0 Å². The summed E-state index contributed by atoms with van der Waals surface area (Å²) in [5.41, 5.74) is 1.84. The first-order valence-corrected chi connectivity index (χ1v) is 10.3. The van der Waals surface area contributed by atoms with Crippen LogP contribution in [0.5, 0.6) is 11.6 Å². The Hall–Kier alpha value is -4.33. The summed E-state index contributed by atoms with van der Waals surface area (Å²) in [6, 6.07) is 8.96. The number of aromatic nitrogens is 5. The van der Waals surface area contributed by atoms with Gasteiger partial charge in [-0.05, 0) is 38.5 Å². The van der Waals surface area contributed by atoms with Gasteiger partial charge in [0, 0.05) is 23.9 Å². The average Bonchev–Trinajstić information content (AvgIpc) is 3.21. The molecule has 34 heavy (non-hydrogen) atoms. The lowest BCUT2D eigenvalue weighted by atomic mass is 9.97. The van der Waals surface area contributed by atoms with E-state index in [1.165, 1.54) is 12.3 Å². The van der Waals surface area contributed by atoms with Crippen LogP contribution in [0.2, 0.25) is 0 Å². The number of hydrogen-bond acceptors (Lipinski definition) is 8. The van der Waals surface area contributed by atoms with Gasteiger partial charge < -0.3 is 14.8 Å². The molecule has 11 heteroatoms. The number of hydrogen-bond donors (Lipinski definition) is 1. The molecule has 9 nitrogen and oxygen atoms in total. The highest BCUT2D eigenvalue weighted by Crippen LogP contribution is 2.34. The minimum absolute atomic E-state index is 0.0921. The van der Waals surface area contributed by atoms with Crippen molar-refractivity contribution in [1.82, 2.24) is 24.6 Å². The van der Waals surface area contributed by atoms with E-state index in [0.29, 0.717) is 34.2 Å². The number of ether oxygens (including phenoxy) is 2. The molecule has 0 saturated heterocycles. The maximum Gasteiger partial charge on any atom is 0.388 e. The van der Waals surface area contributed by atoms with Crippen LogP contribution in [0, 0.1) is 23.7 Å². The largest absolute Gasteiger partial charge is 0.490 e. The van der Waals surface area contributed by atoms with Crippen molar-refractivity contribution in [3.05, 3.63) is 54.9 Å². The van der Waals surface area contributed by atoms with Crippen LogP contribution in [0.25, 0.3) is 16.6 Å². The Morgan fingerprint density at radius 3 is 2.62 bits per heavy atom. The highest BCUT2D eigenvalue weighted by atomic mass is 19.3. The van der Waals surface area contributed by atoms with Gasteiger partial charge in [-0.15, -0.1) is 0 Å². The number of nitrogens with zero attached hydrogens (tertiary/aromatic N) is 6. The van der Waals surface area contributed by atoms with E-state index < -0.39 is 12.0 Å². The predicted molar refractivity (Wildman–Crippen MR) is 120 cm³/mol. The molecular formula is C23H21F2N7O2. The smallest absolute Gasteiger partial charge is 0.388 e. The maximum absolute atomic E-state index is 12.8. The predicted octanol–water partition coefficient (Wildman–Crippen LogP) is 4.77. The fourth-order valence-electron chi connectivity index (χ4n) is 3.04. The third kappa shape index (κ3) is 5.35. The number of halogens is 2. The highest BCUT2D eigenvalue weighted by molar-refractivity contribution is 5.75. The van der Waals surface area contributed by atoms with Gasteiger partial charge in [-0.2, -0.15) is 19.1 Å². The number of nitrogens with one attached hydrogen (secondary N) is 1. The van der Waals surface area contributed by atoms with E-state index >= 15 is 0 Å². The minimum atomic E-state index is -3.01. The van der Waals surface area contributed by atoms with Crippen molar-refractivity contribution in [1.29, 1.82) is 5.26 Å². The molecular weight excluding hydrogens is 444 g/mol. The monoisotopic (exact) mass is 465 g/mol. The highest BCUT2D eigenvalue weighted by Gasteiger charge is 2.20. The molecule has 0 aromatic carbocycles. The SMILES string of the molecule is Cc1ncc(Nc2cc3cc(-c4cc(OC(F)F)ncc4OCC(C)(C)C#N)ccn3n2)cn1. The average molecular weight is 465 g/mol. The van der Waals surface area contributed by atoms with Crippen molar-refractivity contribution in [2.45, 2.75) is 27.4 Å². The summed E-state index contributed by atoms with van der Waals surface area (Å²) in [6.07, 6.45) is 6.36. The van der Waals surface area contributed by atoms with Crippen LogP contribution in [-0.4, -0.2) is 37.8 Å². The molecule has 0 aliphatic carbocycles. The van der Waals surface area contributed by atoms with Gasteiger partial charge in [0.2, 0.25) is 5.88 Å². The van der Waals surface area contributed by atoms with Crippen LogP contribution in [0.15, 0.2) is 49.1 Å².